The standard InChI is InChI=1S/C53H65NO7/c1-5-7-8-15-42-25-26-60-47(31-43-30-45(56)22-20-41(43)14-10-9-12-37-13-11-16-44(27-37)54-34-36(3)55)33-46(57)21-17-38-19-24-51(59-4)52(29-38)61-35-39-18-23-48-49(28-39)40(6-2)32-50(58)53(42)48/h11,13,16,18-20,22-24,27-30,32,36,41-43,47,54-56,58H,5-10,12,14-15,17,21,31,33-35H2,1-4H3. The Balaban J connectivity index is 1.27. The lowest BCUT2D eigenvalue weighted by atomic mass is 9.80. The number of aliphatic hydroxyl groups is 2. The zero-order chi connectivity index (χ0) is 43.1. The third-order valence-corrected chi connectivity index (χ3v) is 12.1. The van der Waals surface area contributed by atoms with Crippen LogP contribution in [-0.4, -0.2) is 47.0 Å². The van der Waals surface area contributed by atoms with E-state index in [1.165, 1.54) is 5.56 Å². The smallest absolute Gasteiger partial charge is 0.161 e. The van der Waals surface area contributed by atoms with Gasteiger partial charge in [0.25, 0.3) is 0 Å². The zero-order valence-electron chi connectivity index (χ0n) is 36.6. The Bertz CT molecular complexity index is 2210. The van der Waals surface area contributed by atoms with Crippen molar-refractivity contribution in [3.05, 3.63) is 119 Å². The molecule has 3 aliphatic rings. The molecule has 2 aliphatic heterocycles. The van der Waals surface area contributed by atoms with E-state index in [1.54, 1.807) is 20.1 Å². The second kappa shape index (κ2) is 22.5. The number of anilines is 1. The van der Waals surface area contributed by atoms with Crippen molar-refractivity contribution in [2.75, 3.05) is 19.0 Å². The van der Waals surface area contributed by atoms with Crippen molar-refractivity contribution < 1.29 is 34.3 Å². The van der Waals surface area contributed by atoms with Gasteiger partial charge in [0.1, 0.15) is 36.1 Å². The van der Waals surface area contributed by atoms with Crippen molar-refractivity contribution in [1.29, 1.82) is 0 Å². The van der Waals surface area contributed by atoms with Crippen LogP contribution in [0, 0.1) is 23.9 Å². The number of aliphatic hydroxyl groups excluding tert-OH is 2. The van der Waals surface area contributed by atoms with Gasteiger partial charge in [-0.2, -0.15) is 0 Å². The minimum Gasteiger partial charge on any atom is -0.508 e. The van der Waals surface area contributed by atoms with Crippen molar-refractivity contribution in [2.45, 2.75) is 129 Å². The van der Waals surface area contributed by atoms with Crippen LogP contribution in [0.3, 0.4) is 0 Å². The first-order valence-electron chi connectivity index (χ1n) is 22.5. The number of carbonyl (C=O) groups excluding carboxylic acids is 1. The minimum atomic E-state index is -0.497. The van der Waals surface area contributed by atoms with E-state index in [9.17, 15) is 20.1 Å². The molecule has 0 fully saturated rings. The molecule has 61 heavy (non-hydrogen) atoms. The van der Waals surface area contributed by atoms with Gasteiger partial charge in [-0.05, 0) is 145 Å². The Hall–Kier alpha value is -5.39. The molecule has 0 amide bonds. The van der Waals surface area contributed by atoms with E-state index in [1.807, 2.05) is 42.5 Å². The molecule has 2 heterocycles. The third kappa shape index (κ3) is 12.8. The second-order valence-electron chi connectivity index (χ2n) is 16.9. The molecule has 1 aliphatic carbocycles. The van der Waals surface area contributed by atoms with Gasteiger partial charge in [0.15, 0.2) is 11.5 Å². The number of Topliss-reactive ketones (excluding diaryl/α,β-unsaturated/α-hetero) is 1. The fraction of sp³-hybridized carbons (Fsp3) is 0.453. The van der Waals surface area contributed by atoms with Crippen LogP contribution < -0.4 is 14.8 Å². The molecule has 0 aromatic heterocycles. The highest BCUT2D eigenvalue weighted by Gasteiger charge is 2.27. The van der Waals surface area contributed by atoms with E-state index in [0.717, 1.165) is 96.5 Å². The van der Waals surface area contributed by atoms with Crippen molar-refractivity contribution in [3.8, 4) is 29.3 Å². The number of carbonyl (C=O) groups is 1. The quantitative estimate of drug-likeness (QED) is 0.0652. The van der Waals surface area contributed by atoms with Gasteiger partial charge in [-0.25, -0.2) is 0 Å². The zero-order valence-corrected chi connectivity index (χ0v) is 36.6. The molecule has 7 rings (SSSR count). The summed E-state index contributed by atoms with van der Waals surface area (Å²) in [6.45, 7) is 6.90. The van der Waals surface area contributed by atoms with Crippen LogP contribution >= 0.6 is 0 Å². The molecule has 4 aromatic rings. The number of aromatic hydroxyl groups is 1. The van der Waals surface area contributed by atoms with Crippen molar-refractivity contribution in [3.63, 3.8) is 0 Å². The lowest BCUT2D eigenvalue weighted by Crippen LogP contribution is -2.24. The van der Waals surface area contributed by atoms with E-state index in [4.69, 9.17) is 14.2 Å². The van der Waals surface area contributed by atoms with E-state index in [-0.39, 0.29) is 41.5 Å². The summed E-state index contributed by atoms with van der Waals surface area (Å²) in [5.41, 5.74) is 6.11. The van der Waals surface area contributed by atoms with Crippen molar-refractivity contribution in [1.82, 2.24) is 0 Å². The summed E-state index contributed by atoms with van der Waals surface area (Å²) in [4.78, 5) is 13.8. The number of aryl methyl sites for hydroxylation is 3. The number of hydrogen-bond acceptors (Lipinski definition) is 8. The number of ether oxygens (including phenoxy) is 3. The molecule has 324 valence electrons. The maximum Gasteiger partial charge on any atom is 0.161 e. The highest BCUT2D eigenvalue weighted by Crippen LogP contribution is 2.40. The Morgan fingerprint density at radius 3 is 2.56 bits per heavy atom. The van der Waals surface area contributed by atoms with Gasteiger partial charge in [-0.3, -0.25) is 4.79 Å². The lowest BCUT2D eigenvalue weighted by Gasteiger charge is -2.28. The first-order chi connectivity index (χ1) is 29.6. The summed E-state index contributed by atoms with van der Waals surface area (Å²) in [5.74, 6) is 5.08. The Kier molecular flexibility index (Phi) is 16.6. The largest absolute Gasteiger partial charge is 0.508 e. The molecular weight excluding hydrogens is 763 g/mol. The topological polar surface area (TPSA) is 117 Å². The molecule has 4 N–H and O–H groups in total. The highest BCUT2D eigenvalue weighted by atomic mass is 16.5. The van der Waals surface area contributed by atoms with Crippen LogP contribution in [0.4, 0.5) is 5.69 Å². The molecule has 4 aromatic carbocycles. The molecule has 5 atom stereocenters. The number of rotatable bonds is 16. The summed E-state index contributed by atoms with van der Waals surface area (Å²) in [6, 6.07) is 22.4. The van der Waals surface area contributed by atoms with Crippen LogP contribution in [0.2, 0.25) is 0 Å². The van der Waals surface area contributed by atoms with Crippen LogP contribution in [-0.2, 0) is 35.4 Å². The third-order valence-electron chi connectivity index (χ3n) is 12.1. The molecule has 6 bridgehead atoms. The molecule has 0 radical (unpaired) electrons. The molecule has 8 heteroatoms. The lowest BCUT2D eigenvalue weighted by molar-refractivity contribution is -0.121. The molecule has 0 spiro atoms. The van der Waals surface area contributed by atoms with E-state index < -0.39 is 12.2 Å². The average Bonchev–Trinajstić information content (AvgIpc) is 3.25. The van der Waals surface area contributed by atoms with Gasteiger partial charge >= 0.3 is 0 Å². The Morgan fingerprint density at radius 2 is 1.75 bits per heavy atom. The number of allylic oxidation sites excluding steroid dienone is 3. The van der Waals surface area contributed by atoms with Gasteiger partial charge in [-0.15, -0.1) is 0 Å². The Morgan fingerprint density at radius 1 is 0.918 bits per heavy atom. The minimum absolute atomic E-state index is 0.0374. The Labute approximate surface area is 363 Å². The van der Waals surface area contributed by atoms with Gasteiger partial charge in [0, 0.05) is 30.6 Å². The summed E-state index contributed by atoms with van der Waals surface area (Å²) >= 11 is 0. The predicted octanol–water partition coefficient (Wildman–Crippen LogP) is 11.5. The van der Waals surface area contributed by atoms with Crippen LogP contribution in [0.1, 0.15) is 119 Å². The number of unbranched alkanes of at least 4 members (excludes halogenated alkanes) is 3. The molecule has 0 saturated heterocycles. The number of fused-ring (bicyclic) bond motifs is 9. The SMILES string of the molecule is CCCCCC1C#COC(CC2C=C(O)C=CC2CCCCc2cccc(NCC(C)O)c2)CC(=O)CCc2ccc(OC)c(c2)OCc2ccc3c1c(O)cc(CC)c3c2. The highest BCUT2D eigenvalue weighted by molar-refractivity contribution is 5.92. The number of hydrogen-bond donors (Lipinski definition) is 4. The first kappa shape index (κ1) is 45.1. The maximum atomic E-state index is 13.8. The second-order valence-corrected chi connectivity index (χ2v) is 16.9. The number of methoxy groups -OCH3 is 1. The van der Waals surface area contributed by atoms with E-state index in [2.05, 4.69) is 67.6 Å². The number of phenolic OH excluding ortho intramolecular Hbond substituents is 1. The van der Waals surface area contributed by atoms with Gasteiger partial charge in [0.05, 0.1) is 19.1 Å². The summed E-state index contributed by atoms with van der Waals surface area (Å²) in [7, 11) is 1.63. The predicted molar refractivity (Wildman–Crippen MR) is 245 cm³/mol. The molecule has 0 saturated carbocycles. The van der Waals surface area contributed by atoms with E-state index >= 15 is 0 Å². The van der Waals surface area contributed by atoms with Crippen LogP contribution in [0.5, 0.6) is 17.2 Å². The van der Waals surface area contributed by atoms with Gasteiger partial charge in [0.2, 0.25) is 0 Å². The number of nitrogens with one attached hydrogen (secondary N) is 1. The van der Waals surface area contributed by atoms with Crippen molar-refractivity contribution >= 4 is 22.2 Å². The van der Waals surface area contributed by atoms with Gasteiger partial charge < -0.3 is 34.8 Å². The molecule has 5 unspecified atom stereocenters. The fourth-order valence-corrected chi connectivity index (χ4v) is 8.77. The van der Waals surface area contributed by atoms with E-state index in [0.29, 0.717) is 43.9 Å². The molecule has 8 nitrogen and oxygen atoms in total. The van der Waals surface area contributed by atoms with Crippen LogP contribution in [0.15, 0.2) is 90.7 Å². The summed E-state index contributed by atoms with van der Waals surface area (Å²) in [6.07, 6.45) is 18.0. The normalized spacial score (nSPS) is 19.8. The fourth-order valence-electron chi connectivity index (χ4n) is 8.77. The summed E-state index contributed by atoms with van der Waals surface area (Å²) in [5, 5.41) is 37.4. The maximum absolute atomic E-state index is 13.8. The number of phenols is 1. The monoisotopic (exact) mass is 827 g/mol. The molecular formula is C53H65NO7. The number of benzene rings is 4. The number of ketones is 1. The van der Waals surface area contributed by atoms with Crippen molar-refractivity contribution in [2.24, 2.45) is 11.8 Å². The summed E-state index contributed by atoms with van der Waals surface area (Å²) < 4.78 is 18.5. The van der Waals surface area contributed by atoms with Crippen LogP contribution in [0.25, 0.3) is 10.8 Å². The van der Waals surface area contributed by atoms with Gasteiger partial charge in [-0.1, -0.05) is 81.9 Å². The average molecular weight is 828 g/mol. The first-order valence-corrected chi connectivity index (χ1v) is 22.5.